The summed E-state index contributed by atoms with van der Waals surface area (Å²) in [5.41, 5.74) is 3.30. The summed E-state index contributed by atoms with van der Waals surface area (Å²) in [6, 6.07) is 15.9. The van der Waals surface area contributed by atoms with Crippen LogP contribution in [0.3, 0.4) is 0 Å². The van der Waals surface area contributed by atoms with Crippen molar-refractivity contribution in [3.63, 3.8) is 0 Å². The normalized spacial score (nSPS) is 12.3. The van der Waals surface area contributed by atoms with Gasteiger partial charge in [0.05, 0.1) is 11.7 Å². The molecule has 0 fully saturated rings. The van der Waals surface area contributed by atoms with E-state index in [1.165, 1.54) is 5.69 Å². The predicted molar refractivity (Wildman–Crippen MR) is 92.4 cm³/mol. The zero-order valence-corrected chi connectivity index (χ0v) is 13.7. The van der Waals surface area contributed by atoms with Crippen molar-refractivity contribution in [2.45, 2.75) is 12.5 Å². The monoisotopic (exact) mass is 326 g/mol. The van der Waals surface area contributed by atoms with Crippen molar-refractivity contribution >= 4 is 11.6 Å². The maximum Gasteiger partial charge on any atom is 0.0752 e. The fraction of sp³-hybridized carbons (Fsp3) is 0.222. The SMILES string of the molecule is Cn1nccc1CCNC(c1cccc(Cl)c1)c1ccccn1. The number of rotatable bonds is 6. The van der Waals surface area contributed by atoms with E-state index < -0.39 is 0 Å². The van der Waals surface area contributed by atoms with Gasteiger partial charge in [0.25, 0.3) is 0 Å². The van der Waals surface area contributed by atoms with Crippen LogP contribution >= 0.6 is 11.6 Å². The van der Waals surface area contributed by atoms with E-state index in [-0.39, 0.29) is 6.04 Å². The molecule has 1 unspecified atom stereocenters. The minimum absolute atomic E-state index is 0.0168. The van der Waals surface area contributed by atoms with Crippen LogP contribution in [-0.4, -0.2) is 21.3 Å². The number of hydrogen-bond acceptors (Lipinski definition) is 3. The van der Waals surface area contributed by atoms with E-state index in [1.54, 1.807) is 0 Å². The first-order chi connectivity index (χ1) is 11.2. The standard InChI is InChI=1S/C18H19ClN4/c1-23-16(9-12-22-23)8-11-21-18(17-7-2-3-10-20-17)14-5-4-6-15(19)13-14/h2-7,9-10,12-13,18,21H,8,11H2,1H3. The molecule has 5 heteroatoms. The van der Waals surface area contributed by atoms with Gasteiger partial charge in [-0.1, -0.05) is 29.8 Å². The third kappa shape index (κ3) is 3.97. The van der Waals surface area contributed by atoms with Crippen LogP contribution in [0.1, 0.15) is 23.0 Å². The number of aryl methyl sites for hydroxylation is 1. The molecule has 0 bridgehead atoms. The Morgan fingerprint density at radius 2 is 2.04 bits per heavy atom. The van der Waals surface area contributed by atoms with Gasteiger partial charge in [0.2, 0.25) is 0 Å². The van der Waals surface area contributed by atoms with E-state index in [4.69, 9.17) is 11.6 Å². The number of aromatic nitrogens is 3. The fourth-order valence-electron chi connectivity index (χ4n) is 2.62. The molecule has 118 valence electrons. The lowest BCUT2D eigenvalue weighted by atomic mass is 10.0. The van der Waals surface area contributed by atoms with Crippen LogP contribution in [0, 0.1) is 0 Å². The summed E-state index contributed by atoms with van der Waals surface area (Å²) in [4.78, 5) is 4.50. The highest BCUT2D eigenvalue weighted by molar-refractivity contribution is 6.30. The maximum absolute atomic E-state index is 6.15. The van der Waals surface area contributed by atoms with Gasteiger partial charge in [0, 0.05) is 43.1 Å². The lowest BCUT2D eigenvalue weighted by molar-refractivity contribution is 0.578. The number of halogens is 1. The van der Waals surface area contributed by atoms with E-state index in [1.807, 2.05) is 66.6 Å². The first kappa shape index (κ1) is 15.7. The Morgan fingerprint density at radius 1 is 1.13 bits per heavy atom. The van der Waals surface area contributed by atoms with Crippen LogP contribution < -0.4 is 5.32 Å². The van der Waals surface area contributed by atoms with Gasteiger partial charge in [0.1, 0.15) is 0 Å². The Bertz CT molecular complexity index is 754. The molecule has 3 rings (SSSR count). The molecule has 3 aromatic rings. The molecule has 0 aliphatic rings. The summed E-state index contributed by atoms with van der Waals surface area (Å²) in [6.07, 6.45) is 4.54. The molecule has 2 aromatic heterocycles. The Kier molecular flexibility index (Phi) is 5.05. The molecule has 0 amide bonds. The smallest absolute Gasteiger partial charge is 0.0752 e. The summed E-state index contributed by atoms with van der Waals surface area (Å²) in [7, 11) is 1.96. The molecule has 0 saturated heterocycles. The number of nitrogens with one attached hydrogen (secondary N) is 1. The van der Waals surface area contributed by atoms with E-state index >= 15 is 0 Å². The summed E-state index contributed by atoms with van der Waals surface area (Å²) < 4.78 is 1.90. The molecular weight excluding hydrogens is 308 g/mol. The topological polar surface area (TPSA) is 42.7 Å². The average molecular weight is 327 g/mol. The predicted octanol–water partition coefficient (Wildman–Crippen LogP) is 3.39. The zero-order valence-electron chi connectivity index (χ0n) is 13.0. The van der Waals surface area contributed by atoms with E-state index in [0.717, 1.165) is 29.2 Å². The first-order valence-electron chi connectivity index (χ1n) is 7.60. The molecule has 0 radical (unpaired) electrons. The first-order valence-corrected chi connectivity index (χ1v) is 7.98. The van der Waals surface area contributed by atoms with Crippen molar-refractivity contribution in [1.29, 1.82) is 0 Å². The molecule has 0 aliphatic carbocycles. The average Bonchev–Trinajstić information content (AvgIpc) is 2.97. The third-order valence-corrected chi connectivity index (χ3v) is 4.05. The van der Waals surface area contributed by atoms with Gasteiger partial charge < -0.3 is 5.32 Å². The molecular formula is C18H19ClN4. The second-order valence-corrected chi connectivity index (χ2v) is 5.83. The molecule has 0 aliphatic heterocycles. The van der Waals surface area contributed by atoms with Gasteiger partial charge in [-0.05, 0) is 35.9 Å². The van der Waals surface area contributed by atoms with E-state index in [2.05, 4.69) is 21.5 Å². The van der Waals surface area contributed by atoms with Crippen molar-refractivity contribution < 1.29 is 0 Å². The summed E-state index contributed by atoms with van der Waals surface area (Å²) in [6.45, 7) is 0.827. The largest absolute Gasteiger partial charge is 0.305 e. The lowest BCUT2D eigenvalue weighted by Gasteiger charge is -2.19. The number of nitrogens with zero attached hydrogens (tertiary/aromatic N) is 3. The van der Waals surface area contributed by atoms with E-state index in [9.17, 15) is 0 Å². The molecule has 1 atom stereocenters. The van der Waals surface area contributed by atoms with Crippen LogP contribution in [0.15, 0.2) is 60.9 Å². The second kappa shape index (κ2) is 7.40. The number of pyridine rings is 1. The minimum atomic E-state index is 0.0168. The van der Waals surface area contributed by atoms with Gasteiger partial charge in [-0.2, -0.15) is 5.10 Å². The van der Waals surface area contributed by atoms with Crippen molar-refractivity contribution in [3.05, 3.63) is 82.9 Å². The Labute approximate surface area is 141 Å². The lowest BCUT2D eigenvalue weighted by Crippen LogP contribution is -2.26. The summed E-state index contributed by atoms with van der Waals surface area (Å²) in [5, 5.41) is 8.52. The molecule has 2 heterocycles. The molecule has 0 saturated carbocycles. The molecule has 4 nitrogen and oxygen atoms in total. The molecule has 1 N–H and O–H groups in total. The van der Waals surface area contributed by atoms with Crippen molar-refractivity contribution in [1.82, 2.24) is 20.1 Å². The fourth-order valence-corrected chi connectivity index (χ4v) is 2.82. The van der Waals surface area contributed by atoms with Crippen molar-refractivity contribution in [2.24, 2.45) is 7.05 Å². The Balaban J connectivity index is 1.77. The van der Waals surface area contributed by atoms with Gasteiger partial charge >= 0.3 is 0 Å². The van der Waals surface area contributed by atoms with Crippen LogP contribution in [0.4, 0.5) is 0 Å². The molecule has 23 heavy (non-hydrogen) atoms. The summed E-state index contributed by atoms with van der Waals surface area (Å²) >= 11 is 6.15. The molecule has 0 spiro atoms. The maximum atomic E-state index is 6.15. The Morgan fingerprint density at radius 3 is 2.74 bits per heavy atom. The van der Waals surface area contributed by atoms with Crippen LogP contribution in [0.25, 0.3) is 0 Å². The Hall–Kier alpha value is -2.17. The highest BCUT2D eigenvalue weighted by Gasteiger charge is 2.15. The van der Waals surface area contributed by atoms with Gasteiger partial charge in [0.15, 0.2) is 0 Å². The highest BCUT2D eigenvalue weighted by Crippen LogP contribution is 2.23. The zero-order chi connectivity index (χ0) is 16.1. The number of benzene rings is 1. The van der Waals surface area contributed by atoms with Gasteiger partial charge in [-0.15, -0.1) is 0 Å². The minimum Gasteiger partial charge on any atom is -0.305 e. The third-order valence-electron chi connectivity index (χ3n) is 3.82. The van der Waals surface area contributed by atoms with Crippen LogP contribution in [0.5, 0.6) is 0 Å². The molecule has 1 aromatic carbocycles. The van der Waals surface area contributed by atoms with E-state index in [0.29, 0.717) is 0 Å². The van der Waals surface area contributed by atoms with Crippen LogP contribution in [0.2, 0.25) is 5.02 Å². The van der Waals surface area contributed by atoms with Gasteiger partial charge in [-0.25, -0.2) is 0 Å². The quantitative estimate of drug-likeness (QED) is 0.755. The summed E-state index contributed by atoms with van der Waals surface area (Å²) in [5.74, 6) is 0. The van der Waals surface area contributed by atoms with Crippen LogP contribution in [-0.2, 0) is 13.5 Å². The van der Waals surface area contributed by atoms with Crippen molar-refractivity contribution in [2.75, 3.05) is 6.54 Å². The van der Waals surface area contributed by atoms with Gasteiger partial charge in [-0.3, -0.25) is 9.67 Å². The highest BCUT2D eigenvalue weighted by atomic mass is 35.5. The second-order valence-electron chi connectivity index (χ2n) is 5.39. The number of hydrogen-bond donors (Lipinski definition) is 1. The van der Waals surface area contributed by atoms with Crippen molar-refractivity contribution in [3.8, 4) is 0 Å².